The molecule has 0 bridgehead atoms. The van der Waals surface area contributed by atoms with Crippen LogP contribution in [0, 0.1) is 5.92 Å². The lowest BCUT2D eigenvalue weighted by molar-refractivity contribution is -0.117. The van der Waals surface area contributed by atoms with Gasteiger partial charge >= 0.3 is 0 Å². The van der Waals surface area contributed by atoms with E-state index >= 15 is 0 Å². The van der Waals surface area contributed by atoms with Gasteiger partial charge in [-0.05, 0) is 48.9 Å². The Morgan fingerprint density at radius 1 is 1.35 bits per heavy atom. The number of nitrogens with zero attached hydrogens (tertiary/aromatic N) is 1. The smallest absolute Gasteiger partial charge is 0.238 e. The minimum atomic E-state index is 0.0939. The number of hydrogen-bond acceptors (Lipinski definition) is 2. The van der Waals surface area contributed by atoms with E-state index in [0.717, 1.165) is 18.8 Å². The highest BCUT2D eigenvalue weighted by atomic mass is 16.2. The third-order valence-corrected chi connectivity index (χ3v) is 3.97. The van der Waals surface area contributed by atoms with Crippen molar-refractivity contribution in [1.29, 1.82) is 0 Å². The summed E-state index contributed by atoms with van der Waals surface area (Å²) in [5, 5.41) is 2.99. The summed E-state index contributed by atoms with van der Waals surface area (Å²) in [5.74, 6) is 1.33. The van der Waals surface area contributed by atoms with Crippen molar-refractivity contribution >= 4 is 11.6 Å². The monoisotopic (exact) mass is 274 g/mol. The van der Waals surface area contributed by atoms with Gasteiger partial charge < -0.3 is 5.32 Å². The quantitative estimate of drug-likeness (QED) is 0.911. The minimum absolute atomic E-state index is 0.0939. The van der Waals surface area contributed by atoms with Gasteiger partial charge in [-0.25, -0.2) is 0 Å². The lowest BCUT2D eigenvalue weighted by atomic mass is 10.0. The predicted molar refractivity (Wildman–Crippen MR) is 84.0 cm³/mol. The van der Waals surface area contributed by atoms with Crippen molar-refractivity contribution in [1.82, 2.24) is 4.90 Å². The van der Waals surface area contributed by atoms with Crippen LogP contribution in [0.2, 0.25) is 0 Å². The molecule has 1 aliphatic rings. The van der Waals surface area contributed by atoms with Gasteiger partial charge in [0.2, 0.25) is 5.91 Å². The van der Waals surface area contributed by atoms with Crippen LogP contribution < -0.4 is 5.32 Å². The molecule has 1 aliphatic heterocycles. The summed E-state index contributed by atoms with van der Waals surface area (Å²) in [6.07, 6.45) is 2.49. The lowest BCUT2D eigenvalue weighted by Crippen LogP contribution is -2.39. The number of carbonyl (C=O) groups excluding carboxylic acids is 1. The van der Waals surface area contributed by atoms with Crippen molar-refractivity contribution in [2.24, 2.45) is 5.92 Å². The molecule has 1 fully saturated rings. The number of amides is 1. The first-order valence-corrected chi connectivity index (χ1v) is 7.66. The molecule has 1 N–H and O–H groups in total. The molecule has 1 heterocycles. The summed E-state index contributed by atoms with van der Waals surface area (Å²) in [6, 6.07) is 8.16. The molecule has 0 unspecified atom stereocenters. The van der Waals surface area contributed by atoms with Gasteiger partial charge in [0.25, 0.3) is 0 Å². The molecule has 3 heteroatoms. The zero-order chi connectivity index (χ0) is 14.5. The Morgan fingerprint density at radius 3 is 2.65 bits per heavy atom. The third kappa shape index (κ3) is 4.34. The fraction of sp³-hybridized carbons (Fsp3) is 0.588. The predicted octanol–water partition coefficient (Wildman–Crippen LogP) is 3.48. The zero-order valence-corrected chi connectivity index (χ0v) is 12.9. The van der Waals surface area contributed by atoms with E-state index in [1.165, 1.54) is 18.4 Å². The van der Waals surface area contributed by atoms with Gasteiger partial charge in [-0.15, -0.1) is 0 Å². The summed E-state index contributed by atoms with van der Waals surface area (Å²) in [7, 11) is 0. The molecule has 1 amide bonds. The highest BCUT2D eigenvalue weighted by Crippen LogP contribution is 2.18. The summed E-state index contributed by atoms with van der Waals surface area (Å²) in [4.78, 5) is 14.3. The van der Waals surface area contributed by atoms with Crippen LogP contribution in [0.3, 0.4) is 0 Å². The van der Waals surface area contributed by atoms with Gasteiger partial charge in [0.1, 0.15) is 0 Å². The number of anilines is 1. The Kier molecular flexibility index (Phi) is 5.18. The molecule has 2 rings (SSSR count). The number of carbonyl (C=O) groups is 1. The fourth-order valence-corrected chi connectivity index (χ4v) is 2.79. The van der Waals surface area contributed by atoms with Crippen LogP contribution in [0.5, 0.6) is 0 Å². The summed E-state index contributed by atoms with van der Waals surface area (Å²) in [6.45, 7) is 9.20. The minimum Gasteiger partial charge on any atom is -0.325 e. The highest BCUT2D eigenvalue weighted by Gasteiger charge is 2.18. The topological polar surface area (TPSA) is 32.3 Å². The van der Waals surface area contributed by atoms with E-state index < -0.39 is 0 Å². The van der Waals surface area contributed by atoms with Crippen LogP contribution in [-0.4, -0.2) is 30.4 Å². The first-order chi connectivity index (χ1) is 9.54. The first kappa shape index (κ1) is 15.0. The Morgan fingerprint density at radius 2 is 2.05 bits per heavy atom. The zero-order valence-electron chi connectivity index (χ0n) is 12.9. The Bertz CT molecular complexity index is 439. The Balaban J connectivity index is 1.84. The average molecular weight is 274 g/mol. The molecule has 0 aromatic heterocycles. The van der Waals surface area contributed by atoms with E-state index in [9.17, 15) is 4.79 Å². The van der Waals surface area contributed by atoms with E-state index in [1.807, 2.05) is 12.1 Å². The molecule has 20 heavy (non-hydrogen) atoms. The highest BCUT2D eigenvalue weighted by molar-refractivity contribution is 5.92. The largest absolute Gasteiger partial charge is 0.325 e. The van der Waals surface area contributed by atoms with Gasteiger partial charge in [-0.1, -0.05) is 32.9 Å². The maximum atomic E-state index is 12.1. The second-order valence-corrected chi connectivity index (χ2v) is 6.31. The van der Waals surface area contributed by atoms with Gasteiger partial charge in [-0.3, -0.25) is 9.69 Å². The Labute approximate surface area is 122 Å². The molecule has 1 saturated heterocycles. The molecule has 0 spiro atoms. The van der Waals surface area contributed by atoms with Gasteiger partial charge in [-0.2, -0.15) is 0 Å². The van der Waals surface area contributed by atoms with Crippen LogP contribution >= 0.6 is 0 Å². The van der Waals surface area contributed by atoms with E-state index in [-0.39, 0.29) is 5.91 Å². The van der Waals surface area contributed by atoms with Gasteiger partial charge in [0.05, 0.1) is 6.54 Å². The van der Waals surface area contributed by atoms with Crippen molar-refractivity contribution in [2.45, 2.75) is 39.5 Å². The van der Waals surface area contributed by atoms with Crippen LogP contribution in [0.25, 0.3) is 0 Å². The average Bonchev–Trinajstić information content (AvgIpc) is 2.39. The second kappa shape index (κ2) is 6.89. The van der Waals surface area contributed by atoms with Gasteiger partial charge in [0, 0.05) is 12.2 Å². The number of benzene rings is 1. The molecule has 3 nitrogen and oxygen atoms in total. The summed E-state index contributed by atoms with van der Waals surface area (Å²) in [5.41, 5.74) is 2.19. The number of likely N-dealkylation sites (tertiary alicyclic amines) is 1. The normalized spacial score (nSPS) is 20.1. The van der Waals surface area contributed by atoms with E-state index in [1.54, 1.807) is 0 Å². The summed E-state index contributed by atoms with van der Waals surface area (Å²) < 4.78 is 0. The van der Waals surface area contributed by atoms with Crippen LogP contribution in [-0.2, 0) is 4.79 Å². The number of nitrogens with one attached hydrogen (secondary N) is 1. The second-order valence-electron chi connectivity index (χ2n) is 6.31. The lowest BCUT2D eigenvalue weighted by Gasteiger charge is -2.30. The number of piperidine rings is 1. The maximum absolute atomic E-state index is 12.1. The molecule has 1 aromatic rings. The van der Waals surface area contributed by atoms with Crippen LogP contribution in [0.15, 0.2) is 24.3 Å². The van der Waals surface area contributed by atoms with Gasteiger partial charge in [0.15, 0.2) is 0 Å². The molecule has 0 saturated carbocycles. The molecule has 0 aliphatic carbocycles. The fourth-order valence-electron chi connectivity index (χ4n) is 2.79. The van der Waals surface area contributed by atoms with Crippen molar-refractivity contribution < 1.29 is 4.79 Å². The molecular formula is C17H26N2O. The first-order valence-electron chi connectivity index (χ1n) is 7.66. The van der Waals surface area contributed by atoms with Crippen molar-refractivity contribution in [2.75, 3.05) is 25.0 Å². The summed E-state index contributed by atoms with van der Waals surface area (Å²) >= 11 is 0. The maximum Gasteiger partial charge on any atom is 0.238 e. The van der Waals surface area contributed by atoms with E-state index in [0.29, 0.717) is 18.4 Å². The molecule has 1 aromatic carbocycles. The van der Waals surface area contributed by atoms with Crippen molar-refractivity contribution in [3.05, 3.63) is 29.8 Å². The van der Waals surface area contributed by atoms with E-state index in [4.69, 9.17) is 0 Å². The molecule has 0 radical (unpaired) electrons. The number of hydrogen-bond donors (Lipinski definition) is 1. The van der Waals surface area contributed by atoms with Crippen molar-refractivity contribution in [3.63, 3.8) is 0 Å². The van der Waals surface area contributed by atoms with Crippen molar-refractivity contribution in [3.8, 4) is 0 Å². The van der Waals surface area contributed by atoms with Crippen LogP contribution in [0.1, 0.15) is 45.1 Å². The van der Waals surface area contributed by atoms with E-state index in [2.05, 4.69) is 43.1 Å². The SMILES string of the molecule is CC(C)c1ccc(NC(=O)CN2CCC[C@@H](C)C2)cc1. The number of rotatable bonds is 4. The molecular weight excluding hydrogens is 248 g/mol. The molecule has 110 valence electrons. The standard InChI is InChI=1S/C17H26N2O/c1-13(2)15-6-8-16(9-7-15)18-17(20)12-19-10-4-5-14(3)11-19/h6-9,13-14H,4-5,10-12H2,1-3H3,(H,18,20)/t14-/m1/s1. The molecule has 1 atom stereocenters. The third-order valence-electron chi connectivity index (χ3n) is 3.97. The Hall–Kier alpha value is -1.35. The van der Waals surface area contributed by atoms with Crippen LogP contribution in [0.4, 0.5) is 5.69 Å².